The van der Waals surface area contributed by atoms with Crippen molar-refractivity contribution >= 4 is 32.9 Å². The molecule has 0 saturated carbocycles. The predicted octanol–water partition coefficient (Wildman–Crippen LogP) is 3.77. The molecule has 1 N–H and O–H groups in total. The molecule has 0 spiro atoms. The van der Waals surface area contributed by atoms with E-state index in [0.29, 0.717) is 0 Å². The van der Waals surface area contributed by atoms with Gasteiger partial charge in [-0.2, -0.15) is 0 Å². The zero-order valence-electron chi connectivity index (χ0n) is 8.74. The quantitative estimate of drug-likeness (QED) is 0.932. The van der Waals surface area contributed by atoms with E-state index in [-0.39, 0.29) is 12.3 Å². The van der Waals surface area contributed by atoms with E-state index in [1.165, 1.54) is 0 Å². The van der Waals surface area contributed by atoms with Crippen molar-refractivity contribution in [2.45, 2.75) is 19.3 Å². The summed E-state index contributed by atoms with van der Waals surface area (Å²) in [5.74, 6) is -0.843. The average molecular weight is 283 g/mol. The van der Waals surface area contributed by atoms with Gasteiger partial charge >= 0.3 is 5.97 Å². The van der Waals surface area contributed by atoms with Gasteiger partial charge in [0.05, 0.1) is 12.7 Å². The summed E-state index contributed by atoms with van der Waals surface area (Å²) in [5, 5.41) is 9.74. The van der Waals surface area contributed by atoms with E-state index in [2.05, 4.69) is 15.9 Å². The third-order valence-corrected chi connectivity index (χ3v) is 3.07. The second kappa shape index (κ2) is 4.29. The van der Waals surface area contributed by atoms with Crippen LogP contribution in [-0.2, 0) is 4.79 Å². The van der Waals surface area contributed by atoms with Gasteiger partial charge in [0, 0.05) is 15.4 Å². The van der Waals surface area contributed by atoms with Gasteiger partial charge in [0.2, 0.25) is 0 Å². The van der Waals surface area contributed by atoms with Crippen molar-refractivity contribution in [3.05, 3.63) is 34.5 Å². The Bertz CT molecular complexity index is 530. The fourth-order valence-electron chi connectivity index (χ4n) is 1.77. The monoisotopic (exact) mass is 282 g/mol. The Kier molecular flexibility index (Phi) is 3.01. The van der Waals surface area contributed by atoms with Crippen LogP contribution in [0.1, 0.15) is 24.8 Å². The summed E-state index contributed by atoms with van der Waals surface area (Å²) in [7, 11) is 0. The number of aliphatic carboxylic acids is 1. The first-order valence-corrected chi connectivity index (χ1v) is 5.75. The molecule has 0 radical (unpaired) electrons. The number of carbonyl (C=O) groups is 1. The van der Waals surface area contributed by atoms with Gasteiger partial charge in [-0.15, -0.1) is 0 Å². The van der Waals surface area contributed by atoms with Crippen molar-refractivity contribution in [1.82, 2.24) is 0 Å². The van der Waals surface area contributed by atoms with E-state index in [1.54, 1.807) is 6.26 Å². The van der Waals surface area contributed by atoms with Gasteiger partial charge in [-0.05, 0) is 24.1 Å². The zero-order chi connectivity index (χ0) is 11.7. The van der Waals surface area contributed by atoms with Crippen LogP contribution in [0.4, 0.5) is 0 Å². The topological polar surface area (TPSA) is 50.4 Å². The summed E-state index contributed by atoms with van der Waals surface area (Å²) in [6.07, 6.45) is 1.76. The third kappa shape index (κ3) is 2.11. The smallest absolute Gasteiger partial charge is 0.303 e. The summed E-state index contributed by atoms with van der Waals surface area (Å²) >= 11 is 3.39. The number of benzene rings is 1. The largest absolute Gasteiger partial charge is 0.481 e. The number of rotatable bonds is 3. The summed E-state index contributed by atoms with van der Waals surface area (Å²) in [6, 6.07) is 5.72. The van der Waals surface area contributed by atoms with Crippen molar-refractivity contribution in [1.29, 1.82) is 0 Å². The highest BCUT2D eigenvalue weighted by atomic mass is 79.9. The molecular weight excluding hydrogens is 272 g/mol. The standard InChI is InChI=1S/C12H11BrO3/c1-7(4-12(14)15)10-6-16-11-3-2-8(13)5-9(10)11/h2-3,5-7H,4H2,1H3,(H,14,15). The van der Waals surface area contributed by atoms with Gasteiger partial charge in [0.15, 0.2) is 0 Å². The van der Waals surface area contributed by atoms with Gasteiger partial charge in [-0.1, -0.05) is 22.9 Å². The number of carboxylic acid groups (broad SMARTS) is 1. The highest BCUT2D eigenvalue weighted by molar-refractivity contribution is 9.10. The number of carboxylic acids is 1. The van der Waals surface area contributed by atoms with Crippen LogP contribution in [0.3, 0.4) is 0 Å². The molecule has 16 heavy (non-hydrogen) atoms. The molecule has 1 atom stereocenters. The maximum absolute atomic E-state index is 10.7. The molecule has 1 heterocycles. The fourth-order valence-corrected chi connectivity index (χ4v) is 2.14. The molecule has 0 aliphatic heterocycles. The first-order chi connectivity index (χ1) is 7.58. The zero-order valence-corrected chi connectivity index (χ0v) is 10.3. The van der Waals surface area contributed by atoms with Crippen LogP contribution in [0.15, 0.2) is 33.4 Å². The molecule has 2 aromatic rings. The molecule has 0 bridgehead atoms. The fraction of sp³-hybridized carbons (Fsp3) is 0.250. The maximum Gasteiger partial charge on any atom is 0.303 e. The van der Waals surface area contributed by atoms with Crippen LogP contribution in [0.25, 0.3) is 11.0 Å². The lowest BCUT2D eigenvalue weighted by molar-refractivity contribution is -0.137. The van der Waals surface area contributed by atoms with E-state index in [9.17, 15) is 4.79 Å². The first kappa shape index (κ1) is 11.2. The van der Waals surface area contributed by atoms with Crippen molar-refractivity contribution in [2.24, 2.45) is 0 Å². The van der Waals surface area contributed by atoms with Gasteiger partial charge in [0.25, 0.3) is 0 Å². The molecule has 1 aromatic carbocycles. The van der Waals surface area contributed by atoms with E-state index in [4.69, 9.17) is 9.52 Å². The second-order valence-electron chi connectivity index (χ2n) is 3.83. The number of furan rings is 1. The number of hydrogen-bond donors (Lipinski definition) is 1. The predicted molar refractivity (Wildman–Crippen MR) is 64.6 cm³/mol. The SMILES string of the molecule is CC(CC(=O)O)c1coc2ccc(Br)cc12. The van der Waals surface area contributed by atoms with Crippen LogP contribution >= 0.6 is 15.9 Å². The highest BCUT2D eigenvalue weighted by Crippen LogP contribution is 2.31. The average Bonchev–Trinajstić information content (AvgIpc) is 2.59. The van der Waals surface area contributed by atoms with E-state index in [0.717, 1.165) is 21.0 Å². The Balaban J connectivity index is 2.44. The van der Waals surface area contributed by atoms with Crippen LogP contribution < -0.4 is 0 Å². The lowest BCUT2D eigenvalue weighted by Crippen LogP contribution is -2.02. The van der Waals surface area contributed by atoms with E-state index < -0.39 is 5.97 Å². The molecular formula is C12H11BrO3. The van der Waals surface area contributed by atoms with Crippen molar-refractivity contribution in [3.63, 3.8) is 0 Å². The molecule has 2 rings (SSSR count). The molecule has 4 heteroatoms. The van der Waals surface area contributed by atoms with E-state index >= 15 is 0 Å². The number of fused-ring (bicyclic) bond motifs is 1. The minimum atomic E-state index is -0.795. The van der Waals surface area contributed by atoms with Gasteiger partial charge in [-0.25, -0.2) is 0 Å². The molecule has 1 aromatic heterocycles. The van der Waals surface area contributed by atoms with Crippen LogP contribution in [0, 0.1) is 0 Å². The van der Waals surface area contributed by atoms with Gasteiger partial charge < -0.3 is 9.52 Å². The summed E-state index contributed by atoms with van der Waals surface area (Å²) in [6.45, 7) is 1.89. The number of halogens is 1. The molecule has 3 nitrogen and oxygen atoms in total. The lowest BCUT2D eigenvalue weighted by atomic mass is 9.97. The molecule has 0 saturated heterocycles. The number of hydrogen-bond acceptors (Lipinski definition) is 2. The molecule has 0 fully saturated rings. The first-order valence-electron chi connectivity index (χ1n) is 4.96. The minimum absolute atomic E-state index is 0.0481. The Morgan fingerprint density at radius 1 is 1.56 bits per heavy atom. The summed E-state index contributed by atoms with van der Waals surface area (Å²) < 4.78 is 6.36. The Labute approximate surface area is 101 Å². The van der Waals surface area contributed by atoms with E-state index in [1.807, 2.05) is 25.1 Å². The van der Waals surface area contributed by atoms with Crippen molar-refractivity contribution in [3.8, 4) is 0 Å². The minimum Gasteiger partial charge on any atom is -0.481 e. The Hall–Kier alpha value is -1.29. The van der Waals surface area contributed by atoms with Crippen LogP contribution in [0.5, 0.6) is 0 Å². The second-order valence-corrected chi connectivity index (χ2v) is 4.75. The van der Waals surface area contributed by atoms with Crippen LogP contribution in [-0.4, -0.2) is 11.1 Å². The molecule has 0 amide bonds. The molecule has 0 aliphatic rings. The summed E-state index contributed by atoms with van der Waals surface area (Å²) in [4.78, 5) is 10.7. The summed E-state index contributed by atoms with van der Waals surface area (Å²) in [5.41, 5.74) is 1.73. The third-order valence-electron chi connectivity index (χ3n) is 2.58. The van der Waals surface area contributed by atoms with Crippen molar-refractivity contribution in [2.75, 3.05) is 0 Å². The van der Waals surface area contributed by atoms with Gasteiger partial charge in [-0.3, -0.25) is 4.79 Å². The normalized spacial score (nSPS) is 12.9. The molecule has 0 aliphatic carbocycles. The maximum atomic E-state index is 10.7. The Morgan fingerprint density at radius 2 is 2.31 bits per heavy atom. The lowest BCUT2D eigenvalue weighted by Gasteiger charge is -2.05. The highest BCUT2D eigenvalue weighted by Gasteiger charge is 2.15. The van der Waals surface area contributed by atoms with Crippen molar-refractivity contribution < 1.29 is 14.3 Å². The Morgan fingerprint density at radius 3 is 3.00 bits per heavy atom. The molecule has 1 unspecified atom stereocenters. The van der Waals surface area contributed by atoms with Gasteiger partial charge in [0.1, 0.15) is 5.58 Å². The molecule has 84 valence electrons. The van der Waals surface area contributed by atoms with Crippen LogP contribution in [0.2, 0.25) is 0 Å².